The van der Waals surface area contributed by atoms with E-state index in [9.17, 15) is 13.2 Å². The van der Waals surface area contributed by atoms with Crippen LogP contribution in [0.3, 0.4) is 0 Å². The van der Waals surface area contributed by atoms with Crippen LogP contribution in [0.15, 0.2) is 77.7 Å². The first-order valence-corrected chi connectivity index (χ1v) is 13.8. The summed E-state index contributed by atoms with van der Waals surface area (Å²) in [4.78, 5) is 17.4. The van der Waals surface area contributed by atoms with Crippen LogP contribution in [0, 0.1) is 0 Å². The molecule has 3 aromatic rings. The van der Waals surface area contributed by atoms with Crippen LogP contribution in [0.25, 0.3) is 0 Å². The van der Waals surface area contributed by atoms with E-state index in [1.54, 1.807) is 36.3 Å². The maximum atomic E-state index is 13.8. The maximum Gasteiger partial charge on any atom is 0.264 e. The number of rotatable bonds is 9. The molecule has 10 heteroatoms. The first kappa shape index (κ1) is 26.6. The number of sulfonamides is 1. The van der Waals surface area contributed by atoms with Crippen LogP contribution < -0.4 is 18.7 Å². The topological polar surface area (TPSA) is 79.4 Å². The number of piperazine rings is 1. The van der Waals surface area contributed by atoms with E-state index in [4.69, 9.17) is 21.1 Å². The molecule has 1 saturated heterocycles. The number of amides is 1. The van der Waals surface area contributed by atoms with Gasteiger partial charge in [0.05, 0.1) is 30.0 Å². The largest absolute Gasteiger partial charge is 0.495 e. The van der Waals surface area contributed by atoms with Crippen molar-refractivity contribution in [3.8, 4) is 11.5 Å². The highest BCUT2D eigenvalue weighted by atomic mass is 35.5. The van der Waals surface area contributed by atoms with Crippen molar-refractivity contribution in [3.05, 3.63) is 77.8 Å². The Labute approximate surface area is 223 Å². The number of carbonyl (C=O) groups is 1. The SMILES string of the molecule is CCOc1ccccc1N(CC(=O)N1CCN(c2ccccc2OC)CC1)S(=O)(=O)c1ccc(Cl)cc1. The number of hydrogen-bond donors (Lipinski definition) is 0. The molecule has 37 heavy (non-hydrogen) atoms. The first-order valence-electron chi connectivity index (χ1n) is 12.0. The van der Waals surface area contributed by atoms with Gasteiger partial charge < -0.3 is 19.3 Å². The summed E-state index contributed by atoms with van der Waals surface area (Å²) in [5.74, 6) is 0.870. The first-order chi connectivity index (χ1) is 17.8. The van der Waals surface area contributed by atoms with Gasteiger partial charge in [0, 0.05) is 31.2 Å². The van der Waals surface area contributed by atoms with Crippen molar-refractivity contribution >= 4 is 38.9 Å². The van der Waals surface area contributed by atoms with E-state index in [-0.39, 0.29) is 17.3 Å². The van der Waals surface area contributed by atoms with E-state index < -0.39 is 10.0 Å². The molecule has 0 aliphatic carbocycles. The minimum Gasteiger partial charge on any atom is -0.495 e. The average molecular weight is 544 g/mol. The van der Waals surface area contributed by atoms with Crippen LogP contribution in [0.4, 0.5) is 11.4 Å². The molecular weight excluding hydrogens is 514 g/mol. The van der Waals surface area contributed by atoms with E-state index >= 15 is 0 Å². The molecule has 1 amide bonds. The Bertz CT molecular complexity index is 1330. The van der Waals surface area contributed by atoms with Gasteiger partial charge in [-0.05, 0) is 55.5 Å². The summed E-state index contributed by atoms with van der Waals surface area (Å²) < 4.78 is 39.8. The van der Waals surface area contributed by atoms with E-state index in [0.717, 1.165) is 15.7 Å². The molecule has 0 spiro atoms. The minimum atomic E-state index is -4.09. The predicted octanol–water partition coefficient (Wildman–Crippen LogP) is 4.29. The molecule has 0 N–H and O–H groups in total. The average Bonchev–Trinajstić information content (AvgIpc) is 2.92. The van der Waals surface area contributed by atoms with Crippen molar-refractivity contribution in [2.24, 2.45) is 0 Å². The van der Waals surface area contributed by atoms with E-state index in [2.05, 4.69) is 4.90 Å². The summed E-state index contributed by atoms with van der Waals surface area (Å²) in [6, 6.07) is 20.5. The number of halogens is 1. The van der Waals surface area contributed by atoms with Gasteiger partial charge >= 0.3 is 0 Å². The molecule has 8 nitrogen and oxygen atoms in total. The number of carbonyl (C=O) groups excluding carboxylic acids is 1. The van der Waals surface area contributed by atoms with Crippen LogP contribution in [-0.2, 0) is 14.8 Å². The third kappa shape index (κ3) is 5.94. The molecule has 3 aromatic carbocycles. The number of benzene rings is 3. The lowest BCUT2D eigenvalue weighted by Crippen LogP contribution is -2.52. The van der Waals surface area contributed by atoms with Crippen LogP contribution in [0.2, 0.25) is 5.02 Å². The zero-order chi connectivity index (χ0) is 26.4. The van der Waals surface area contributed by atoms with Crippen molar-refractivity contribution in [1.82, 2.24) is 4.90 Å². The van der Waals surface area contributed by atoms with Crippen molar-refractivity contribution < 1.29 is 22.7 Å². The number of methoxy groups -OCH3 is 1. The van der Waals surface area contributed by atoms with Gasteiger partial charge in [-0.15, -0.1) is 0 Å². The summed E-state index contributed by atoms with van der Waals surface area (Å²) >= 11 is 5.98. The summed E-state index contributed by atoms with van der Waals surface area (Å²) in [5.41, 5.74) is 1.27. The highest BCUT2D eigenvalue weighted by Gasteiger charge is 2.32. The van der Waals surface area contributed by atoms with Gasteiger partial charge in [-0.2, -0.15) is 0 Å². The van der Waals surface area contributed by atoms with Crippen LogP contribution >= 0.6 is 11.6 Å². The number of nitrogens with zero attached hydrogens (tertiary/aromatic N) is 3. The Morgan fingerprint density at radius 2 is 1.54 bits per heavy atom. The molecule has 0 radical (unpaired) electrons. The molecule has 1 heterocycles. The Kier molecular flexibility index (Phi) is 8.45. The second kappa shape index (κ2) is 11.7. The van der Waals surface area contributed by atoms with Gasteiger partial charge in [0.25, 0.3) is 10.0 Å². The predicted molar refractivity (Wildman–Crippen MR) is 145 cm³/mol. The Hall–Kier alpha value is -3.43. The quantitative estimate of drug-likeness (QED) is 0.400. The Morgan fingerprint density at radius 3 is 2.19 bits per heavy atom. The van der Waals surface area contributed by atoms with Crippen molar-refractivity contribution in [1.29, 1.82) is 0 Å². The van der Waals surface area contributed by atoms with E-state index in [1.165, 1.54) is 24.3 Å². The fraction of sp³-hybridized carbons (Fsp3) is 0.296. The molecule has 1 fully saturated rings. The fourth-order valence-corrected chi connectivity index (χ4v) is 5.84. The van der Waals surface area contributed by atoms with Gasteiger partial charge in [0.1, 0.15) is 18.0 Å². The molecular formula is C27H30ClN3O5S. The molecule has 1 aliphatic heterocycles. The Morgan fingerprint density at radius 1 is 0.919 bits per heavy atom. The second-order valence-electron chi connectivity index (χ2n) is 8.41. The summed E-state index contributed by atoms with van der Waals surface area (Å²) in [6.45, 7) is 3.93. The molecule has 196 valence electrons. The monoisotopic (exact) mass is 543 g/mol. The minimum absolute atomic E-state index is 0.0389. The summed E-state index contributed by atoms with van der Waals surface area (Å²) in [7, 11) is -2.45. The van der Waals surface area contributed by atoms with E-state index in [1.807, 2.05) is 31.2 Å². The fourth-order valence-electron chi connectivity index (χ4n) is 4.28. The van der Waals surface area contributed by atoms with E-state index in [0.29, 0.717) is 49.2 Å². The van der Waals surface area contributed by atoms with Crippen molar-refractivity contribution in [2.45, 2.75) is 11.8 Å². The molecule has 1 aliphatic rings. The zero-order valence-electron chi connectivity index (χ0n) is 20.8. The number of anilines is 2. The molecule has 0 atom stereocenters. The van der Waals surface area contributed by atoms with Gasteiger partial charge in [-0.1, -0.05) is 35.9 Å². The molecule has 0 aromatic heterocycles. The second-order valence-corrected chi connectivity index (χ2v) is 10.7. The lowest BCUT2D eigenvalue weighted by molar-refractivity contribution is -0.129. The third-order valence-electron chi connectivity index (χ3n) is 6.17. The summed E-state index contributed by atoms with van der Waals surface area (Å²) in [6.07, 6.45) is 0. The lowest BCUT2D eigenvalue weighted by Gasteiger charge is -2.37. The van der Waals surface area contributed by atoms with Crippen molar-refractivity contribution in [3.63, 3.8) is 0 Å². The third-order valence-corrected chi connectivity index (χ3v) is 8.20. The van der Waals surface area contributed by atoms with Gasteiger partial charge in [0.2, 0.25) is 5.91 Å². The zero-order valence-corrected chi connectivity index (χ0v) is 22.4. The number of hydrogen-bond acceptors (Lipinski definition) is 6. The standard InChI is InChI=1S/C27H30ClN3O5S/c1-3-36-26-11-7-5-9-24(26)31(37(33,34)22-14-12-21(28)13-15-22)20-27(32)30-18-16-29(17-19-30)23-8-4-6-10-25(23)35-2/h4-15H,3,16-20H2,1-2H3. The van der Waals surface area contributed by atoms with Gasteiger partial charge in [0.15, 0.2) is 0 Å². The highest BCUT2D eigenvalue weighted by molar-refractivity contribution is 7.92. The lowest BCUT2D eigenvalue weighted by atomic mass is 10.2. The molecule has 0 unspecified atom stereocenters. The van der Waals surface area contributed by atoms with Crippen LogP contribution in [-0.4, -0.2) is 65.7 Å². The maximum absolute atomic E-state index is 13.8. The van der Waals surface area contributed by atoms with Crippen molar-refractivity contribution in [2.75, 3.05) is 55.6 Å². The van der Waals surface area contributed by atoms with Gasteiger partial charge in [-0.25, -0.2) is 8.42 Å². The summed E-state index contributed by atoms with van der Waals surface area (Å²) in [5, 5.41) is 0.421. The smallest absolute Gasteiger partial charge is 0.264 e. The molecule has 0 saturated carbocycles. The number of ether oxygens (including phenoxy) is 2. The van der Waals surface area contributed by atoms with Crippen LogP contribution in [0.5, 0.6) is 11.5 Å². The Balaban J connectivity index is 1.58. The highest BCUT2D eigenvalue weighted by Crippen LogP contribution is 2.33. The van der Waals surface area contributed by atoms with Crippen LogP contribution in [0.1, 0.15) is 6.92 Å². The van der Waals surface area contributed by atoms with Gasteiger partial charge in [-0.3, -0.25) is 9.10 Å². The molecule has 0 bridgehead atoms. The number of para-hydroxylation sites is 4. The normalized spacial score (nSPS) is 13.8. The molecule has 4 rings (SSSR count).